The largest absolute Gasteiger partial charge is 0.353 e. The molecule has 3 fully saturated rings. The molecule has 7 nitrogen and oxygen atoms in total. The maximum atomic E-state index is 13.0. The van der Waals surface area contributed by atoms with E-state index in [9.17, 15) is 18.8 Å². The number of aromatic nitrogens is 1. The smallest absolute Gasteiger partial charge is 0.282 e. The molecular weight excluding hydrogens is 354 g/mol. The first-order chi connectivity index (χ1) is 13.0. The van der Waals surface area contributed by atoms with Crippen LogP contribution >= 0.6 is 0 Å². The summed E-state index contributed by atoms with van der Waals surface area (Å²) < 4.78 is 26.0. The summed E-state index contributed by atoms with van der Waals surface area (Å²) in [6.45, 7) is 2.93. The highest BCUT2D eigenvalue weighted by Gasteiger charge is 2.48. The maximum absolute atomic E-state index is 13.0. The fourth-order valence-electron chi connectivity index (χ4n) is 4.11. The predicted molar refractivity (Wildman–Crippen MR) is 94.5 cm³/mol. The van der Waals surface area contributed by atoms with Crippen molar-refractivity contribution in [2.45, 2.75) is 24.4 Å². The Labute approximate surface area is 156 Å². The van der Waals surface area contributed by atoms with Crippen LogP contribution < -0.4 is 10.2 Å². The molecule has 0 radical (unpaired) electrons. The molecule has 1 N–H and O–H groups in total. The third-order valence-electron chi connectivity index (χ3n) is 5.60. The van der Waals surface area contributed by atoms with Crippen molar-refractivity contribution >= 4 is 11.7 Å². The van der Waals surface area contributed by atoms with E-state index in [0.29, 0.717) is 18.5 Å². The number of halogens is 2. The molecule has 4 rings (SSSR count). The Kier molecular flexibility index (Phi) is 4.70. The summed E-state index contributed by atoms with van der Waals surface area (Å²) in [6, 6.07) is 5.56. The number of carbonyl (C=O) groups is 1. The van der Waals surface area contributed by atoms with Crippen molar-refractivity contribution in [2.24, 2.45) is 0 Å². The highest BCUT2D eigenvalue weighted by molar-refractivity contribution is 5.83. The summed E-state index contributed by atoms with van der Waals surface area (Å²) in [5, 5.41) is 12.4. The van der Waals surface area contributed by atoms with Crippen LogP contribution in [-0.4, -0.2) is 84.5 Å². The van der Waals surface area contributed by atoms with Gasteiger partial charge in [0.05, 0.1) is 24.7 Å². The number of nitriles is 1. The Balaban J connectivity index is 1.29. The van der Waals surface area contributed by atoms with Crippen LogP contribution in [0.4, 0.5) is 14.6 Å². The first-order valence-corrected chi connectivity index (χ1v) is 9.21. The molecule has 9 heteroatoms. The molecule has 3 aliphatic heterocycles. The van der Waals surface area contributed by atoms with Gasteiger partial charge in [0.15, 0.2) is 0 Å². The molecule has 3 saturated heterocycles. The average Bonchev–Trinajstić information content (AvgIpc) is 3.16. The number of piperazine rings is 1. The van der Waals surface area contributed by atoms with Gasteiger partial charge in [0.25, 0.3) is 5.92 Å². The molecule has 2 atom stereocenters. The number of pyridine rings is 1. The molecule has 0 saturated carbocycles. The summed E-state index contributed by atoms with van der Waals surface area (Å²) >= 11 is 0. The minimum Gasteiger partial charge on any atom is -0.353 e. The molecular formula is C18H22F2N6O. The monoisotopic (exact) mass is 376 g/mol. The molecule has 1 amide bonds. The average molecular weight is 376 g/mol. The lowest BCUT2D eigenvalue weighted by atomic mass is 10.1. The SMILES string of the molecule is N#Cc1cccnc1N1CCN([C@@H]2CN[C@H](C(=O)N3CC(F)(F)C3)C2)CC1. The first-order valence-electron chi connectivity index (χ1n) is 9.21. The molecule has 0 aliphatic carbocycles. The maximum Gasteiger partial charge on any atom is 0.282 e. The Morgan fingerprint density at radius 2 is 2.04 bits per heavy atom. The second-order valence-corrected chi connectivity index (χ2v) is 7.41. The van der Waals surface area contributed by atoms with Crippen LogP contribution in [-0.2, 0) is 4.79 Å². The molecule has 0 bridgehead atoms. The number of carbonyl (C=O) groups excluding carboxylic acids is 1. The highest BCUT2D eigenvalue weighted by atomic mass is 19.3. The van der Waals surface area contributed by atoms with Gasteiger partial charge in [0.2, 0.25) is 5.91 Å². The van der Waals surface area contributed by atoms with Crippen LogP contribution in [0.25, 0.3) is 0 Å². The quantitative estimate of drug-likeness (QED) is 0.817. The zero-order chi connectivity index (χ0) is 19.0. The van der Waals surface area contributed by atoms with E-state index in [1.54, 1.807) is 18.3 Å². The number of amides is 1. The van der Waals surface area contributed by atoms with Gasteiger partial charge in [0.1, 0.15) is 11.9 Å². The lowest BCUT2D eigenvalue weighted by Gasteiger charge is -2.40. The molecule has 144 valence electrons. The van der Waals surface area contributed by atoms with E-state index in [-0.39, 0.29) is 18.0 Å². The Bertz CT molecular complexity index is 750. The zero-order valence-electron chi connectivity index (χ0n) is 14.9. The van der Waals surface area contributed by atoms with Crippen molar-refractivity contribution in [3.05, 3.63) is 23.9 Å². The number of alkyl halides is 2. The van der Waals surface area contributed by atoms with Crippen LogP contribution in [0, 0.1) is 11.3 Å². The van der Waals surface area contributed by atoms with E-state index < -0.39 is 19.0 Å². The fraction of sp³-hybridized carbons (Fsp3) is 0.611. The van der Waals surface area contributed by atoms with E-state index in [1.807, 2.05) is 0 Å². The van der Waals surface area contributed by atoms with Crippen LogP contribution in [0.3, 0.4) is 0 Å². The van der Waals surface area contributed by atoms with Crippen molar-refractivity contribution in [1.29, 1.82) is 5.26 Å². The minimum absolute atomic E-state index is 0.214. The first kappa shape index (κ1) is 18.1. The van der Waals surface area contributed by atoms with Gasteiger partial charge in [-0.05, 0) is 18.6 Å². The lowest BCUT2D eigenvalue weighted by Crippen LogP contribution is -2.61. The summed E-state index contributed by atoms with van der Waals surface area (Å²) in [6.07, 6.45) is 2.34. The third-order valence-corrected chi connectivity index (χ3v) is 5.60. The van der Waals surface area contributed by atoms with E-state index in [4.69, 9.17) is 0 Å². The van der Waals surface area contributed by atoms with Crippen molar-refractivity contribution in [2.75, 3.05) is 50.7 Å². The number of nitrogens with one attached hydrogen (secondary N) is 1. The van der Waals surface area contributed by atoms with Crippen molar-refractivity contribution in [1.82, 2.24) is 20.1 Å². The number of hydrogen-bond donors (Lipinski definition) is 1. The lowest BCUT2D eigenvalue weighted by molar-refractivity contribution is -0.167. The molecule has 0 unspecified atom stereocenters. The van der Waals surface area contributed by atoms with E-state index >= 15 is 0 Å². The second kappa shape index (κ2) is 7.02. The summed E-state index contributed by atoms with van der Waals surface area (Å²) in [7, 11) is 0. The van der Waals surface area contributed by atoms with Crippen LogP contribution in [0.15, 0.2) is 18.3 Å². The van der Waals surface area contributed by atoms with Gasteiger partial charge in [-0.25, -0.2) is 13.8 Å². The topological polar surface area (TPSA) is 75.5 Å². The van der Waals surface area contributed by atoms with Gasteiger partial charge in [-0.15, -0.1) is 0 Å². The normalized spacial score (nSPS) is 27.9. The molecule has 0 aromatic carbocycles. The number of rotatable bonds is 3. The third kappa shape index (κ3) is 3.59. The van der Waals surface area contributed by atoms with Crippen LogP contribution in [0.5, 0.6) is 0 Å². The Morgan fingerprint density at radius 3 is 2.70 bits per heavy atom. The number of nitrogens with zero attached hydrogens (tertiary/aromatic N) is 5. The predicted octanol–water partition coefficient (Wildman–Crippen LogP) is 0.283. The van der Waals surface area contributed by atoms with Crippen LogP contribution in [0.2, 0.25) is 0 Å². The van der Waals surface area contributed by atoms with Crippen molar-refractivity contribution < 1.29 is 13.6 Å². The van der Waals surface area contributed by atoms with Crippen molar-refractivity contribution in [3.8, 4) is 6.07 Å². The molecule has 3 aliphatic rings. The fourth-order valence-corrected chi connectivity index (χ4v) is 4.11. The molecule has 1 aromatic heterocycles. The van der Waals surface area contributed by atoms with E-state index in [2.05, 4.69) is 26.2 Å². The van der Waals surface area contributed by atoms with Gasteiger partial charge in [-0.3, -0.25) is 9.69 Å². The van der Waals surface area contributed by atoms with E-state index in [1.165, 1.54) is 4.90 Å². The van der Waals surface area contributed by atoms with Crippen LogP contribution in [0.1, 0.15) is 12.0 Å². The summed E-state index contributed by atoms with van der Waals surface area (Å²) in [5.41, 5.74) is 0.575. The summed E-state index contributed by atoms with van der Waals surface area (Å²) in [5.74, 6) is -2.22. The number of likely N-dealkylation sites (tertiary alicyclic amines) is 1. The van der Waals surface area contributed by atoms with Gasteiger partial charge in [-0.1, -0.05) is 0 Å². The van der Waals surface area contributed by atoms with Gasteiger partial charge in [0, 0.05) is 45.0 Å². The van der Waals surface area contributed by atoms with E-state index in [0.717, 1.165) is 32.0 Å². The molecule has 1 aromatic rings. The Morgan fingerprint density at radius 1 is 1.30 bits per heavy atom. The zero-order valence-corrected chi connectivity index (χ0v) is 14.9. The summed E-state index contributed by atoms with van der Waals surface area (Å²) in [4.78, 5) is 22.3. The van der Waals surface area contributed by atoms with Gasteiger partial charge in [-0.2, -0.15) is 5.26 Å². The standard InChI is InChI=1S/C18H22F2N6O/c19-18(20)11-26(12-18)17(27)15-8-14(10-23-15)24-4-6-25(7-5-24)16-13(9-21)2-1-3-22-16/h1-3,14-15,23H,4-8,10-12H2/t14-,15-/m0/s1. The minimum atomic E-state index is -2.72. The van der Waals surface area contributed by atoms with Gasteiger partial charge >= 0.3 is 0 Å². The van der Waals surface area contributed by atoms with Gasteiger partial charge < -0.3 is 15.1 Å². The molecule has 4 heterocycles. The highest BCUT2D eigenvalue weighted by Crippen LogP contribution is 2.29. The number of hydrogen-bond acceptors (Lipinski definition) is 6. The number of anilines is 1. The Hall–Kier alpha value is -2.31. The molecule has 0 spiro atoms. The second-order valence-electron chi connectivity index (χ2n) is 7.41. The van der Waals surface area contributed by atoms with Crippen molar-refractivity contribution in [3.63, 3.8) is 0 Å². The molecule has 27 heavy (non-hydrogen) atoms.